The Kier molecular flexibility index (Phi) is 2.63. The fraction of sp³-hybridized carbons (Fsp3) is 0.312. The van der Waals surface area contributed by atoms with Crippen LogP contribution in [0, 0.1) is 0 Å². The highest BCUT2D eigenvalue weighted by Gasteiger charge is 2.32. The highest BCUT2D eigenvalue weighted by Crippen LogP contribution is 2.43. The van der Waals surface area contributed by atoms with Gasteiger partial charge < -0.3 is 9.47 Å². The molecule has 0 bridgehead atoms. The summed E-state index contributed by atoms with van der Waals surface area (Å²) in [4.78, 5) is 8.45. The van der Waals surface area contributed by atoms with Crippen LogP contribution in [0.1, 0.15) is 19.4 Å². The summed E-state index contributed by atoms with van der Waals surface area (Å²) in [5.74, 6) is 1.95. The summed E-state index contributed by atoms with van der Waals surface area (Å²) in [6, 6.07) is 5.93. The van der Waals surface area contributed by atoms with Crippen LogP contribution in [0.5, 0.6) is 17.4 Å². The van der Waals surface area contributed by atoms with Gasteiger partial charge in [0, 0.05) is 19.0 Å². The highest BCUT2D eigenvalue weighted by molar-refractivity contribution is 5.80. The van der Waals surface area contributed by atoms with E-state index in [2.05, 4.69) is 35.0 Å². The second-order valence-electron chi connectivity index (χ2n) is 6.07. The van der Waals surface area contributed by atoms with Gasteiger partial charge in [-0.25, -0.2) is 9.97 Å². The first-order valence-electron chi connectivity index (χ1n) is 7.15. The van der Waals surface area contributed by atoms with Crippen molar-refractivity contribution in [3.8, 4) is 17.4 Å². The monoisotopic (exact) mass is 296 g/mol. The number of aryl methyl sites for hydroxylation is 1. The molecule has 1 aliphatic rings. The molecule has 3 aromatic rings. The van der Waals surface area contributed by atoms with Crippen molar-refractivity contribution in [2.24, 2.45) is 7.05 Å². The molecule has 3 heterocycles. The highest BCUT2D eigenvalue weighted by atomic mass is 16.5. The van der Waals surface area contributed by atoms with E-state index < -0.39 is 0 Å². The molecule has 6 nitrogen and oxygen atoms in total. The molecule has 112 valence electrons. The Balaban J connectivity index is 1.77. The average Bonchev–Trinajstić information content (AvgIpc) is 3.00. The van der Waals surface area contributed by atoms with Crippen molar-refractivity contribution >= 4 is 11.0 Å². The summed E-state index contributed by atoms with van der Waals surface area (Å²) in [6.07, 6.45) is 4.05. The molecular formula is C16H16N4O2. The third-order valence-electron chi connectivity index (χ3n) is 3.75. The number of benzene rings is 1. The second-order valence-corrected chi connectivity index (χ2v) is 6.07. The molecule has 22 heavy (non-hydrogen) atoms. The zero-order valence-electron chi connectivity index (χ0n) is 12.7. The van der Waals surface area contributed by atoms with Gasteiger partial charge in [-0.05, 0) is 19.9 Å². The number of ether oxygens (including phenoxy) is 2. The van der Waals surface area contributed by atoms with Crippen LogP contribution in [0.2, 0.25) is 0 Å². The summed E-state index contributed by atoms with van der Waals surface area (Å²) in [6.45, 7) is 4.14. The number of hydrogen-bond acceptors (Lipinski definition) is 5. The minimum absolute atomic E-state index is 0.211. The summed E-state index contributed by atoms with van der Waals surface area (Å²) in [7, 11) is 1.84. The molecule has 0 radical (unpaired) electrons. The van der Waals surface area contributed by atoms with Crippen molar-refractivity contribution in [3.05, 3.63) is 36.3 Å². The maximum atomic E-state index is 6.03. The minimum atomic E-state index is -0.211. The molecule has 6 heteroatoms. The first kappa shape index (κ1) is 13.1. The smallest absolute Gasteiger partial charge is 0.233 e. The van der Waals surface area contributed by atoms with E-state index in [9.17, 15) is 0 Å². The average molecular weight is 296 g/mol. The zero-order chi connectivity index (χ0) is 15.3. The lowest BCUT2D eigenvalue weighted by Gasteiger charge is -2.18. The molecule has 0 N–H and O–H groups in total. The molecule has 1 aliphatic heterocycles. The molecule has 0 unspecified atom stereocenters. The van der Waals surface area contributed by atoms with Crippen LogP contribution < -0.4 is 9.47 Å². The van der Waals surface area contributed by atoms with E-state index in [1.165, 1.54) is 6.33 Å². The Morgan fingerprint density at radius 1 is 1.27 bits per heavy atom. The Bertz CT molecular complexity index is 870. The molecule has 1 aromatic carbocycles. The number of nitrogens with zero attached hydrogens (tertiary/aromatic N) is 4. The summed E-state index contributed by atoms with van der Waals surface area (Å²) >= 11 is 0. The third kappa shape index (κ3) is 1.99. The molecule has 0 atom stereocenters. The molecule has 0 saturated carbocycles. The minimum Gasteiger partial charge on any atom is -0.483 e. The van der Waals surface area contributed by atoms with Gasteiger partial charge in [0.25, 0.3) is 0 Å². The summed E-state index contributed by atoms with van der Waals surface area (Å²) in [5, 5.41) is 4.97. The second kappa shape index (κ2) is 4.43. The van der Waals surface area contributed by atoms with Crippen LogP contribution in [0.3, 0.4) is 0 Å². The number of hydrogen-bond donors (Lipinski definition) is 0. The van der Waals surface area contributed by atoms with Crippen LogP contribution in [0.25, 0.3) is 11.0 Å². The topological polar surface area (TPSA) is 62.1 Å². The van der Waals surface area contributed by atoms with E-state index in [0.717, 1.165) is 28.8 Å². The van der Waals surface area contributed by atoms with E-state index in [1.807, 2.05) is 19.2 Å². The van der Waals surface area contributed by atoms with Gasteiger partial charge in [0.2, 0.25) is 5.88 Å². The van der Waals surface area contributed by atoms with Gasteiger partial charge in [-0.2, -0.15) is 5.10 Å². The van der Waals surface area contributed by atoms with Crippen molar-refractivity contribution < 1.29 is 9.47 Å². The number of aromatic nitrogens is 4. The van der Waals surface area contributed by atoms with Gasteiger partial charge in [0.15, 0.2) is 17.1 Å². The van der Waals surface area contributed by atoms with Crippen LogP contribution >= 0.6 is 0 Å². The van der Waals surface area contributed by atoms with E-state index >= 15 is 0 Å². The molecule has 0 saturated heterocycles. The van der Waals surface area contributed by atoms with E-state index in [1.54, 1.807) is 10.9 Å². The van der Waals surface area contributed by atoms with Gasteiger partial charge in [0.05, 0.1) is 6.20 Å². The van der Waals surface area contributed by atoms with Gasteiger partial charge in [-0.15, -0.1) is 0 Å². The molecule has 2 aromatic heterocycles. The summed E-state index contributed by atoms with van der Waals surface area (Å²) in [5.41, 5.74) is 1.68. The molecule has 0 spiro atoms. The van der Waals surface area contributed by atoms with Gasteiger partial charge >= 0.3 is 0 Å². The van der Waals surface area contributed by atoms with Crippen molar-refractivity contribution in [1.82, 2.24) is 19.7 Å². The molecular weight excluding hydrogens is 280 g/mol. The lowest BCUT2D eigenvalue weighted by atomic mass is 10.0. The largest absolute Gasteiger partial charge is 0.483 e. The fourth-order valence-electron chi connectivity index (χ4n) is 2.79. The predicted octanol–water partition coefficient (Wildman–Crippen LogP) is 2.87. The third-order valence-corrected chi connectivity index (χ3v) is 3.75. The van der Waals surface area contributed by atoms with E-state index in [0.29, 0.717) is 11.6 Å². The summed E-state index contributed by atoms with van der Waals surface area (Å²) < 4.78 is 13.7. The molecule has 0 fully saturated rings. The fourth-order valence-corrected chi connectivity index (χ4v) is 2.79. The molecule has 0 aliphatic carbocycles. The van der Waals surface area contributed by atoms with Gasteiger partial charge in [0.1, 0.15) is 17.3 Å². The first-order chi connectivity index (χ1) is 10.5. The predicted molar refractivity (Wildman–Crippen MR) is 81.2 cm³/mol. The number of rotatable bonds is 2. The van der Waals surface area contributed by atoms with Crippen molar-refractivity contribution in [3.63, 3.8) is 0 Å². The van der Waals surface area contributed by atoms with E-state index in [4.69, 9.17) is 9.47 Å². The lowest BCUT2D eigenvalue weighted by Crippen LogP contribution is -2.24. The quantitative estimate of drug-likeness (QED) is 0.727. The van der Waals surface area contributed by atoms with Crippen LogP contribution in [0.4, 0.5) is 0 Å². The van der Waals surface area contributed by atoms with Crippen LogP contribution in [-0.4, -0.2) is 25.3 Å². The normalized spacial score (nSPS) is 15.6. The Morgan fingerprint density at radius 3 is 3.00 bits per heavy atom. The maximum absolute atomic E-state index is 6.03. The van der Waals surface area contributed by atoms with E-state index in [-0.39, 0.29) is 5.60 Å². The van der Waals surface area contributed by atoms with Crippen LogP contribution in [0.15, 0.2) is 30.7 Å². The van der Waals surface area contributed by atoms with Gasteiger partial charge in [-0.3, -0.25) is 4.68 Å². The van der Waals surface area contributed by atoms with Crippen molar-refractivity contribution in [1.29, 1.82) is 0 Å². The SMILES string of the molecule is Cn1ncc2c(Oc3cccc4c3OC(C)(C)C4)ncnc21. The van der Waals surface area contributed by atoms with Crippen molar-refractivity contribution in [2.75, 3.05) is 0 Å². The maximum Gasteiger partial charge on any atom is 0.233 e. The zero-order valence-corrected chi connectivity index (χ0v) is 12.7. The Labute approximate surface area is 127 Å². The van der Waals surface area contributed by atoms with Crippen LogP contribution in [-0.2, 0) is 13.5 Å². The Hall–Kier alpha value is -2.63. The van der Waals surface area contributed by atoms with Crippen molar-refractivity contribution in [2.45, 2.75) is 25.9 Å². The molecule has 4 rings (SSSR count). The van der Waals surface area contributed by atoms with Gasteiger partial charge in [-0.1, -0.05) is 12.1 Å². The number of fused-ring (bicyclic) bond motifs is 2. The lowest BCUT2D eigenvalue weighted by molar-refractivity contribution is 0.135. The standard InChI is InChI=1S/C16H16N4O2/c1-16(2)7-10-5-4-6-12(13(10)22-16)21-15-11-8-19-20(3)14(11)17-9-18-15/h4-6,8-9H,7H2,1-3H3. The molecule has 0 amide bonds. The Morgan fingerprint density at radius 2 is 2.14 bits per heavy atom. The number of para-hydroxylation sites is 1. The first-order valence-corrected chi connectivity index (χ1v) is 7.15.